The molecule has 0 aliphatic rings. The summed E-state index contributed by atoms with van der Waals surface area (Å²) in [6, 6.07) is 19.3. The van der Waals surface area contributed by atoms with Crippen molar-refractivity contribution in [2.45, 2.75) is 46.2 Å². The Morgan fingerprint density at radius 1 is 0.889 bits per heavy atom. The largest absolute Gasteiger partial charge is 0.334 e. The average Bonchev–Trinajstić information content (AvgIpc) is 2.59. The molecule has 1 amide bonds. The van der Waals surface area contributed by atoms with Gasteiger partial charge in [-0.25, -0.2) is 0 Å². The SMILES string of the molecule is CC(=O)N(Cc1cccc(CC(C)C)c1)[C@@H](Cc1ccccc1)CN(C)C. The number of carbonyl (C=O) groups excluding carboxylic acids is 1. The molecule has 2 aromatic rings. The predicted molar refractivity (Wildman–Crippen MR) is 114 cm³/mol. The highest BCUT2D eigenvalue weighted by molar-refractivity contribution is 5.73. The molecule has 3 heteroatoms. The fraction of sp³-hybridized carbons (Fsp3) is 0.458. The maximum absolute atomic E-state index is 12.5. The number of rotatable bonds is 9. The van der Waals surface area contributed by atoms with E-state index in [4.69, 9.17) is 0 Å². The van der Waals surface area contributed by atoms with E-state index in [0.717, 1.165) is 19.4 Å². The van der Waals surface area contributed by atoms with Crippen LogP contribution in [0.4, 0.5) is 0 Å². The standard InChI is InChI=1S/C24H34N2O/c1-19(2)14-22-12-9-13-23(15-22)17-26(20(3)27)24(18-25(4)5)16-21-10-7-6-8-11-21/h6-13,15,19,24H,14,16-18H2,1-5H3/t24-/m0/s1. The topological polar surface area (TPSA) is 23.6 Å². The molecule has 2 aromatic carbocycles. The zero-order chi connectivity index (χ0) is 19.8. The molecular formula is C24H34N2O. The van der Waals surface area contributed by atoms with E-state index in [1.54, 1.807) is 6.92 Å². The summed E-state index contributed by atoms with van der Waals surface area (Å²) in [6.07, 6.45) is 1.93. The molecule has 0 saturated heterocycles. The molecule has 3 nitrogen and oxygen atoms in total. The van der Waals surface area contributed by atoms with Crippen LogP contribution in [-0.2, 0) is 24.2 Å². The van der Waals surface area contributed by atoms with Crippen LogP contribution < -0.4 is 0 Å². The van der Waals surface area contributed by atoms with Gasteiger partial charge in [-0.1, -0.05) is 68.4 Å². The summed E-state index contributed by atoms with van der Waals surface area (Å²) >= 11 is 0. The summed E-state index contributed by atoms with van der Waals surface area (Å²) in [4.78, 5) is 16.7. The van der Waals surface area contributed by atoms with Gasteiger partial charge in [0.1, 0.15) is 0 Å². The Hall–Kier alpha value is -2.13. The maximum atomic E-state index is 12.5. The van der Waals surface area contributed by atoms with Crippen molar-refractivity contribution in [3.05, 3.63) is 71.3 Å². The smallest absolute Gasteiger partial charge is 0.220 e. The van der Waals surface area contributed by atoms with E-state index < -0.39 is 0 Å². The van der Waals surface area contributed by atoms with E-state index in [1.165, 1.54) is 16.7 Å². The molecule has 2 rings (SSSR count). The van der Waals surface area contributed by atoms with Gasteiger partial charge in [-0.15, -0.1) is 0 Å². The molecule has 0 saturated carbocycles. The molecular weight excluding hydrogens is 332 g/mol. The highest BCUT2D eigenvalue weighted by Crippen LogP contribution is 2.17. The Morgan fingerprint density at radius 2 is 1.52 bits per heavy atom. The van der Waals surface area contributed by atoms with Crippen LogP contribution in [-0.4, -0.2) is 42.4 Å². The van der Waals surface area contributed by atoms with Gasteiger partial charge in [0.25, 0.3) is 0 Å². The second-order valence-corrected chi connectivity index (χ2v) is 8.17. The van der Waals surface area contributed by atoms with Gasteiger partial charge in [0.15, 0.2) is 0 Å². The van der Waals surface area contributed by atoms with Crippen molar-refractivity contribution in [2.24, 2.45) is 5.92 Å². The molecule has 0 heterocycles. The van der Waals surface area contributed by atoms with Gasteiger partial charge in [-0.3, -0.25) is 4.79 Å². The Kier molecular flexibility index (Phi) is 8.05. The molecule has 0 spiro atoms. The van der Waals surface area contributed by atoms with Gasteiger partial charge in [0.2, 0.25) is 5.91 Å². The van der Waals surface area contributed by atoms with Gasteiger partial charge in [-0.05, 0) is 49.5 Å². The van der Waals surface area contributed by atoms with Crippen LogP contribution in [0.2, 0.25) is 0 Å². The van der Waals surface area contributed by atoms with Gasteiger partial charge in [0, 0.05) is 26.1 Å². The number of amides is 1. The van der Waals surface area contributed by atoms with Crippen molar-refractivity contribution in [3.8, 4) is 0 Å². The Labute approximate surface area is 165 Å². The molecule has 0 N–H and O–H groups in total. The van der Waals surface area contributed by atoms with Crippen molar-refractivity contribution >= 4 is 5.91 Å². The molecule has 146 valence electrons. The van der Waals surface area contributed by atoms with Crippen molar-refractivity contribution in [1.29, 1.82) is 0 Å². The fourth-order valence-corrected chi connectivity index (χ4v) is 3.60. The highest BCUT2D eigenvalue weighted by Gasteiger charge is 2.22. The van der Waals surface area contributed by atoms with Crippen molar-refractivity contribution < 1.29 is 4.79 Å². The average molecular weight is 367 g/mol. The van der Waals surface area contributed by atoms with Crippen LogP contribution in [0, 0.1) is 5.92 Å². The lowest BCUT2D eigenvalue weighted by atomic mass is 10.00. The predicted octanol–water partition coefficient (Wildman–Crippen LogP) is 4.41. The molecule has 0 bridgehead atoms. The van der Waals surface area contributed by atoms with Crippen molar-refractivity contribution in [3.63, 3.8) is 0 Å². The Morgan fingerprint density at radius 3 is 2.11 bits per heavy atom. The van der Waals surface area contributed by atoms with Gasteiger partial charge in [0.05, 0.1) is 0 Å². The Balaban J connectivity index is 2.22. The van der Waals surface area contributed by atoms with Crippen molar-refractivity contribution in [1.82, 2.24) is 9.80 Å². The van der Waals surface area contributed by atoms with Gasteiger partial charge >= 0.3 is 0 Å². The molecule has 0 aromatic heterocycles. The lowest BCUT2D eigenvalue weighted by molar-refractivity contribution is -0.132. The molecule has 27 heavy (non-hydrogen) atoms. The van der Waals surface area contributed by atoms with Gasteiger partial charge in [-0.2, -0.15) is 0 Å². The Bertz CT molecular complexity index is 709. The summed E-state index contributed by atoms with van der Waals surface area (Å²) in [6.45, 7) is 7.67. The third-order valence-electron chi connectivity index (χ3n) is 4.72. The highest BCUT2D eigenvalue weighted by atomic mass is 16.2. The summed E-state index contributed by atoms with van der Waals surface area (Å²) in [5.74, 6) is 0.760. The number of carbonyl (C=O) groups is 1. The van der Waals surface area contributed by atoms with Crippen LogP contribution in [0.25, 0.3) is 0 Å². The number of nitrogens with zero attached hydrogens (tertiary/aromatic N) is 2. The van der Waals surface area contributed by atoms with E-state index in [2.05, 4.69) is 81.4 Å². The first-order chi connectivity index (χ1) is 12.8. The normalized spacial score (nSPS) is 12.4. The summed E-state index contributed by atoms with van der Waals surface area (Å²) in [7, 11) is 4.14. The van der Waals surface area contributed by atoms with E-state index in [1.807, 2.05) is 11.0 Å². The number of hydrogen-bond acceptors (Lipinski definition) is 2. The zero-order valence-corrected chi connectivity index (χ0v) is 17.5. The third-order valence-corrected chi connectivity index (χ3v) is 4.72. The monoisotopic (exact) mass is 366 g/mol. The first kappa shape index (κ1) is 21.2. The second-order valence-electron chi connectivity index (χ2n) is 8.17. The number of likely N-dealkylation sites (N-methyl/N-ethyl adjacent to an activating group) is 1. The van der Waals surface area contributed by atoms with Crippen molar-refractivity contribution in [2.75, 3.05) is 20.6 Å². The third kappa shape index (κ3) is 7.18. The summed E-state index contributed by atoms with van der Waals surface area (Å²) in [5, 5.41) is 0. The van der Waals surface area contributed by atoms with Crippen LogP contribution in [0.5, 0.6) is 0 Å². The van der Waals surface area contributed by atoms with Crippen LogP contribution in [0.1, 0.15) is 37.5 Å². The summed E-state index contributed by atoms with van der Waals surface area (Å²) in [5.41, 5.74) is 3.82. The maximum Gasteiger partial charge on any atom is 0.220 e. The molecule has 0 radical (unpaired) electrons. The number of benzene rings is 2. The minimum atomic E-state index is 0.132. The van der Waals surface area contributed by atoms with Gasteiger partial charge < -0.3 is 9.80 Å². The molecule has 1 atom stereocenters. The van der Waals surface area contributed by atoms with E-state index in [9.17, 15) is 4.79 Å². The molecule has 0 fully saturated rings. The van der Waals surface area contributed by atoms with Crippen LogP contribution >= 0.6 is 0 Å². The minimum Gasteiger partial charge on any atom is -0.334 e. The summed E-state index contributed by atoms with van der Waals surface area (Å²) < 4.78 is 0. The first-order valence-electron chi connectivity index (χ1n) is 9.88. The lowest BCUT2D eigenvalue weighted by Crippen LogP contribution is -2.45. The molecule has 0 unspecified atom stereocenters. The zero-order valence-electron chi connectivity index (χ0n) is 17.5. The van der Waals surface area contributed by atoms with E-state index in [0.29, 0.717) is 12.5 Å². The van der Waals surface area contributed by atoms with E-state index >= 15 is 0 Å². The molecule has 0 aliphatic carbocycles. The quantitative estimate of drug-likeness (QED) is 0.656. The second kappa shape index (κ2) is 10.3. The lowest BCUT2D eigenvalue weighted by Gasteiger charge is -2.33. The minimum absolute atomic E-state index is 0.132. The number of hydrogen-bond donors (Lipinski definition) is 0. The van der Waals surface area contributed by atoms with E-state index in [-0.39, 0.29) is 11.9 Å². The fourth-order valence-electron chi connectivity index (χ4n) is 3.60. The van der Waals surface area contributed by atoms with Crippen LogP contribution in [0.15, 0.2) is 54.6 Å². The van der Waals surface area contributed by atoms with Crippen LogP contribution in [0.3, 0.4) is 0 Å². The first-order valence-corrected chi connectivity index (χ1v) is 9.88. The molecule has 0 aliphatic heterocycles.